The maximum Gasteiger partial charge on any atom is 0.258 e. The lowest BCUT2D eigenvalue weighted by molar-refractivity contribution is -0.140. The van der Waals surface area contributed by atoms with Crippen molar-refractivity contribution in [2.45, 2.75) is 38.0 Å². The Balaban J connectivity index is 1.29. The molecule has 0 aromatic heterocycles. The summed E-state index contributed by atoms with van der Waals surface area (Å²) in [5.41, 5.74) is 0.257. The molecule has 2 aromatic carbocycles. The van der Waals surface area contributed by atoms with Gasteiger partial charge < -0.3 is 24.4 Å². The molecule has 164 valence electrons. The molecule has 31 heavy (non-hydrogen) atoms. The number of likely N-dealkylation sites (tertiary alicyclic amines) is 2. The lowest BCUT2D eigenvalue weighted by atomic mass is 9.95. The highest BCUT2D eigenvalue weighted by Gasteiger charge is 2.39. The molecule has 7 heteroatoms. The molecule has 0 bridgehead atoms. The molecular formula is C24H28N2O5. The van der Waals surface area contributed by atoms with Gasteiger partial charge in [-0.05, 0) is 37.1 Å². The van der Waals surface area contributed by atoms with Crippen LogP contribution in [0, 0.1) is 5.92 Å². The van der Waals surface area contributed by atoms with Crippen molar-refractivity contribution in [1.29, 1.82) is 0 Å². The summed E-state index contributed by atoms with van der Waals surface area (Å²) in [6.45, 7) is 3.13. The van der Waals surface area contributed by atoms with Crippen LogP contribution in [0.25, 0.3) is 10.8 Å². The number of ether oxygens (including phenoxy) is 2. The zero-order valence-electron chi connectivity index (χ0n) is 17.5. The zero-order valence-corrected chi connectivity index (χ0v) is 17.5. The van der Waals surface area contributed by atoms with E-state index < -0.39 is 6.04 Å². The summed E-state index contributed by atoms with van der Waals surface area (Å²) in [7, 11) is 0. The number of amides is 2. The molecule has 1 unspecified atom stereocenters. The first-order chi connectivity index (χ1) is 15.1. The van der Waals surface area contributed by atoms with Gasteiger partial charge in [-0.1, -0.05) is 30.3 Å². The normalized spacial score (nSPS) is 23.0. The van der Waals surface area contributed by atoms with Gasteiger partial charge in [0, 0.05) is 30.9 Å². The monoisotopic (exact) mass is 424 g/mol. The number of piperidine rings is 1. The molecule has 0 radical (unpaired) electrons. The Bertz CT molecular complexity index is 979. The average molecular weight is 424 g/mol. The number of phenolic OH excluding ortho intramolecular Hbond substituents is 1. The summed E-state index contributed by atoms with van der Waals surface area (Å²) in [5, 5.41) is 12.2. The van der Waals surface area contributed by atoms with Crippen LogP contribution >= 0.6 is 0 Å². The van der Waals surface area contributed by atoms with Crippen LogP contribution in [0.2, 0.25) is 0 Å². The number of benzene rings is 2. The summed E-state index contributed by atoms with van der Waals surface area (Å²) < 4.78 is 11.2. The second-order valence-corrected chi connectivity index (χ2v) is 8.61. The molecule has 2 amide bonds. The van der Waals surface area contributed by atoms with Gasteiger partial charge in [0.05, 0.1) is 18.8 Å². The molecule has 3 heterocycles. The molecule has 7 nitrogen and oxygen atoms in total. The predicted molar refractivity (Wildman–Crippen MR) is 115 cm³/mol. The molecule has 3 aliphatic rings. The van der Waals surface area contributed by atoms with Crippen LogP contribution in [0.3, 0.4) is 0 Å². The molecule has 5 rings (SSSR count). The molecule has 3 aliphatic heterocycles. The highest BCUT2D eigenvalue weighted by Crippen LogP contribution is 2.32. The van der Waals surface area contributed by atoms with E-state index in [0.717, 1.165) is 24.6 Å². The quantitative estimate of drug-likeness (QED) is 0.820. The first kappa shape index (κ1) is 20.3. The van der Waals surface area contributed by atoms with E-state index in [1.54, 1.807) is 17.0 Å². The lowest BCUT2D eigenvalue weighted by Crippen LogP contribution is -2.50. The largest absolute Gasteiger partial charge is 0.506 e. The summed E-state index contributed by atoms with van der Waals surface area (Å²) >= 11 is 0. The van der Waals surface area contributed by atoms with Crippen LogP contribution in [-0.4, -0.2) is 71.9 Å². The van der Waals surface area contributed by atoms with Gasteiger partial charge in [-0.2, -0.15) is 0 Å². The third-order valence-corrected chi connectivity index (χ3v) is 6.81. The van der Waals surface area contributed by atoms with E-state index >= 15 is 0 Å². The van der Waals surface area contributed by atoms with E-state index in [0.29, 0.717) is 50.6 Å². The molecular weight excluding hydrogens is 396 g/mol. The summed E-state index contributed by atoms with van der Waals surface area (Å²) in [6.07, 6.45) is 3.01. The van der Waals surface area contributed by atoms with Crippen LogP contribution in [0.5, 0.6) is 5.75 Å². The second-order valence-electron chi connectivity index (χ2n) is 8.61. The van der Waals surface area contributed by atoms with E-state index in [1.807, 2.05) is 29.2 Å². The number of aromatic hydroxyl groups is 1. The molecule has 0 spiro atoms. The molecule has 3 saturated heterocycles. The Morgan fingerprint density at radius 2 is 1.68 bits per heavy atom. The van der Waals surface area contributed by atoms with E-state index in [2.05, 4.69) is 0 Å². The molecule has 0 saturated carbocycles. The maximum absolute atomic E-state index is 13.3. The lowest BCUT2D eigenvalue weighted by Gasteiger charge is -2.36. The highest BCUT2D eigenvalue weighted by molar-refractivity contribution is 6.05. The number of rotatable bonds is 3. The van der Waals surface area contributed by atoms with Crippen molar-refractivity contribution in [3.05, 3.63) is 42.0 Å². The summed E-state index contributed by atoms with van der Waals surface area (Å²) in [6, 6.07) is 10.5. The predicted octanol–water partition coefficient (Wildman–Crippen LogP) is 2.76. The van der Waals surface area contributed by atoms with Gasteiger partial charge in [0.15, 0.2) is 6.29 Å². The average Bonchev–Trinajstić information content (AvgIpc) is 3.51. The number of carbonyl (C=O) groups excluding carboxylic acids is 2. The Kier molecular flexibility index (Phi) is 5.54. The smallest absolute Gasteiger partial charge is 0.258 e. The van der Waals surface area contributed by atoms with Gasteiger partial charge in [-0.3, -0.25) is 9.59 Å². The zero-order chi connectivity index (χ0) is 21.4. The highest BCUT2D eigenvalue weighted by atomic mass is 16.7. The number of carbonyl (C=O) groups is 2. The fourth-order valence-corrected chi connectivity index (χ4v) is 5.10. The van der Waals surface area contributed by atoms with E-state index in [-0.39, 0.29) is 29.4 Å². The fourth-order valence-electron chi connectivity index (χ4n) is 5.10. The first-order valence-corrected chi connectivity index (χ1v) is 11.2. The molecule has 1 atom stereocenters. The third-order valence-electron chi connectivity index (χ3n) is 6.81. The van der Waals surface area contributed by atoms with Crippen molar-refractivity contribution in [3.63, 3.8) is 0 Å². The fraction of sp³-hybridized carbons (Fsp3) is 0.500. The van der Waals surface area contributed by atoms with Crippen molar-refractivity contribution in [2.24, 2.45) is 5.92 Å². The molecule has 0 aliphatic carbocycles. The van der Waals surface area contributed by atoms with Gasteiger partial charge in [-0.15, -0.1) is 0 Å². The van der Waals surface area contributed by atoms with E-state index in [1.165, 1.54) is 0 Å². The van der Waals surface area contributed by atoms with Gasteiger partial charge in [-0.25, -0.2) is 0 Å². The number of hydrogen-bond donors (Lipinski definition) is 1. The van der Waals surface area contributed by atoms with Gasteiger partial charge in [0.2, 0.25) is 5.91 Å². The number of hydrogen-bond acceptors (Lipinski definition) is 5. The topological polar surface area (TPSA) is 79.3 Å². The van der Waals surface area contributed by atoms with Crippen molar-refractivity contribution >= 4 is 22.6 Å². The minimum atomic E-state index is -0.464. The van der Waals surface area contributed by atoms with Crippen molar-refractivity contribution < 1.29 is 24.2 Å². The third kappa shape index (κ3) is 3.77. The van der Waals surface area contributed by atoms with Crippen LogP contribution in [0.1, 0.15) is 36.0 Å². The number of nitrogens with zero attached hydrogens (tertiary/aromatic N) is 2. The Morgan fingerprint density at radius 1 is 0.935 bits per heavy atom. The van der Waals surface area contributed by atoms with Crippen molar-refractivity contribution in [3.8, 4) is 5.75 Å². The Labute approximate surface area is 181 Å². The van der Waals surface area contributed by atoms with Crippen LogP contribution in [0.15, 0.2) is 36.4 Å². The number of fused-ring (bicyclic) bond motifs is 1. The minimum Gasteiger partial charge on any atom is -0.506 e. The standard InChI is InChI=1S/C24H28N2O5/c27-21-18-5-2-1-4-16(18)7-8-19(21)22(28)26-11-3-6-20(26)23(29)25-12-9-17(10-13-25)24-30-14-15-31-24/h1-2,4-5,7-8,17,20,24,27H,3,6,9-15H2. The molecule has 2 aromatic rings. The van der Waals surface area contributed by atoms with Gasteiger partial charge >= 0.3 is 0 Å². The van der Waals surface area contributed by atoms with Crippen LogP contribution in [-0.2, 0) is 14.3 Å². The summed E-state index contributed by atoms with van der Waals surface area (Å²) in [5.74, 6) is 0.0422. The van der Waals surface area contributed by atoms with E-state index in [4.69, 9.17) is 9.47 Å². The minimum absolute atomic E-state index is 0.0119. The number of phenols is 1. The van der Waals surface area contributed by atoms with Crippen LogP contribution in [0.4, 0.5) is 0 Å². The first-order valence-electron chi connectivity index (χ1n) is 11.2. The molecule has 3 fully saturated rings. The Morgan fingerprint density at radius 3 is 2.45 bits per heavy atom. The van der Waals surface area contributed by atoms with Crippen LogP contribution < -0.4 is 0 Å². The second kappa shape index (κ2) is 8.48. The van der Waals surface area contributed by atoms with Crippen molar-refractivity contribution in [2.75, 3.05) is 32.8 Å². The van der Waals surface area contributed by atoms with E-state index in [9.17, 15) is 14.7 Å². The Hall–Kier alpha value is -2.64. The summed E-state index contributed by atoms with van der Waals surface area (Å²) in [4.78, 5) is 30.1. The van der Waals surface area contributed by atoms with Gasteiger partial charge in [0.25, 0.3) is 5.91 Å². The molecule has 1 N–H and O–H groups in total. The maximum atomic E-state index is 13.3. The van der Waals surface area contributed by atoms with Gasteiger partial charge in [0.1, 0.15) is 11.8 Å². The SMILES string of the molecule is O=C(C1CCCN1C(=O)c1ccc2ccccc2c1O)N1CCC(C2OCCO2)CC1. The van der Waals surface area contributed by atoms with Crippen molar-refractivity contribution in [1.82, 2.24) is 9.80 Å².